The summed E-state index contributed by atoms with van der Waals surface area (Å²) in [6.07, 6.45) is 7.21. The predicted octanol–water partition coefficient (Wildman–Crippen LogP) is 3.00. The van der Waals surface area contributed by atoms with E-state index in [1.54, 1.807) is 11.3 Å². The highest BCUT2D eigenvalue weighted by Crippen LogP contribution is 2.48. The number of carbonyl (C=O) groups is 1. The van der Waals surface area contributed by atoms with Crippen molar-refractivity contribution in [1.29, 1.82) is 0 Å². The van der Waals surface area contributed by atoms with Crippen LogP contribution in [-0.4, -0.2) is 26.8 Å². The van der Waals surface area contributed by atoms with Gasteiger partial charge < -0.3 is 10.4 Å². The molecule has 1 heterocycles. The Balaban J connectivity index is 1.45. The molecule has 1 aromatic heterocycles. The summed E-state index contributed by atoms with van der Waals surface area (Å²) in [5.41, 5.74) is -0.587. The smallest absolute Gasteiger partial charge is 0.223 e. The summed E-state index contributed by atoms with van der Waals surface area (Å²) < 4.78 is 0. The van der Waals surface area contributed by atoms with Crippen molar-refractivity contribution in [2.45, 2.75) is 76.9 Å². The van der Waals surface area contributed by atoms with E-state index in [1.807, 2.05) is 0 Å². The van der Waals surface area contributed by atoms with E-state index in [0.29, 0.717) is 31.2 Å². The van der Waals surface area contributed by atoms with E-state index < -0.39 is 5.60 Å². The number of rotatable bonds is 5. The minimum Gasteiger partial charge on any atom is -0.390 e. The third-order valence-electron chi connectivity index (χ3n) is 5.33. The van der Waals surface area contributed by atoms with Gasteiger partial charge in [-0.3, -0.25) is 4.79 Å². The lowest BCUT2D eigenvalue weighted by atomic mass is 9.61. The van der Waals surface area contributed by atoms with Gasteiger partial charge in [-0.2, -0.15) is 0 Å². The molecule has 2 aliphatic carbocycles. The summed E-state index contributed by atoms with van der Waals surface area (Å²) >= 11 is 1.56. The molecule has 0 aromatic carbocycles. The Morgan fingerprint density at radius 1 is 1.30 bits per heavy atom. The predicted molar refractivity (Wildman–Crippen MR) is 90.1 cm³/mol. The molecule has 6 heteroatoms. The molecule has 1 amide bonds. The second-order valence-electron chi connectivity index (χ2n) is 7.45. The number of aromatic nitrogens is 2. The van der Waals surface area contributed by atoms with Crippen LogP contribution in [-0.2, 0) is 11.3 Å². The lowest BCUT2D eigenvalue weighted by molar-refractivity contribution is -0.154. The van der Waals surface area contributed by atoms with Crippen LogP contribution in [0.15, 0.2) is 0 Å². The third kappa shape index (κ3) is 3.74. The maximum atomic E-state index is 12.2. The van der Waals surface area contributed by atoms with Gasteiger partial charge in [-0.05, 0) is 31.6 Å². The van der Waals surface area contributed by atoms with Crippen molar-refractivity contribution in [1.82, 2.24) is 15.5 Å². The van der Waals surface area contributed by atoms with Gasteiger partial charge >= 0.3 is 0 Å². The second kappa shape index (κ2) is 6.85. The monoisotopic (exact) mass is 337 g/mol. The maximum absolute atomic E-state index is 12.2. The molecular formula is C17H27N3O2S. The molecule has 2 fully saturated rings. The van der Waals surface area contributed by atoms with E-state index in [1.165, 1.54) is 19.3 Å². The molecule has 0 saturated heterocycles. The van der Waals surface area contributed by atoms with E-state index in [9.17, 15) is 9.90 Å². The molecule has 0 aliphatic heterocycles. The molecule has 2 N–H and O–H groups in total. The van der Waals surface area contributed by atoms with Gasteiger partial charge in [0.25, 0.3) is 0 Å². The van der Waals surface area contributed by atoms with Crippen LogP contribution in [0.4, 0.5) is 0 Å². The summed E-state index contributed by atoms with van der Waals surface area (Å²) in [5, 5.41) is 23.8. The molecule has 0 bridgehead atoms. The van der Waals surface area contributed by atoms with Gasteiger partial charge in [-0.15, -0.1) is 10.2 Å². The zero-order chi connectivity index (χ0) is 16.4. The Morgan fingerprint density at radius 2 is 2.00 bits per heavy atom. The first-order valence-electron chi connectivity index (χ1n) is 8.80. The van der Waals surface area contributed by atoms with Gasteiger partial charge in [0.15, 0.2) is 0 Å². The summed E-state index contributed by atoms with van der Waals surface area (Å²) in [6.45, 7) is 4.62. The van der Waals surface area contributed by atoms with Crippen LogP contribution in [0.1, 0.15) is 74.7 Å². The lowest BCUT2D eigenvalue weighted by Crippen LogP contribution is -2.54. The highest BCUT2D eigenvalue weighted by Gasteiger charge is 2.50. The van der Waals surface area contributed by atoms with Crippen LogP contribution < -0.4 is 5.32 Å². The molecule has 0 radical (unpaired) electrons. The van der Waals surface area contributed by atoms with Crippen molar-refractivity contribution in [2.24, 2.45) is 11.8 Å². The van der Waals surface area contributed by atoms with Gasteiger partial charge in [0.2, 0.25) is 5.91 Å². The van der Waals surface area contributed by atoms with Crippen LogP contribution in [0.2, 0.25) is 0 Å². The normalized spacial score (nSPS) is 28.6. The standard InChI is InChI=1S/C17H27N3O2S/c1-11(2)16-20-19-14(23-16)10-18-15(21)12-8-17(22,9-12)13-6-4-3-5-7-13/h11-13,22H,3-10H2,1-2H3,(H,18,21). The molecule has 2 aliphatic rings. The second-order valence-corrected chi connectivity index (χ2v) is 8.54. The highest BCUT2D eigenvalue weighted by molar-refractivity contribution is 7.11. The number of carbonyl (C=O) groups excluding carboxylic acids is 1. The fourth-order valence-corrected chi connectivity index (χ4v) is 4.62. The van der Waals surface area contributed by atoms with Gasteiger partial charge in [-0.25, -0.2) is 0 Å². The molecule has 23 heavy (non-hydrogen) atoms. The van der Waals surface area contributed by atoms with Crippen molar-refractivity contribution >= 4 is 17.2 Å². The molecule has 128 valence electrons. The van der Waals surface area contributed by atoms with Crippen molar-refractivity contribution in [3.63, 3.8) is 0 Å². The Hall–Kier alpha value is -1.01. The van der Waals surface area contributed by atoms with E-state index >= 15 is 0 Å². The summed E-state index contributed by atoms with van der Waals surface area (Å²) in [4.78, 5) is 12.2. The Kier molecular flexibility index (Phi) is 5.01. The van der Waals surface area contributed by atoms with Gasteiger partial charge in [0.05, 0.1) is 12.1 Å². The third-order valence-corrected chi connectivity index (χ3v) is 6.55. The Bertz CT molecular complexity index is 546. The first-order valence-corrected chi connectivity index (χ1v) is 9.62. The number of nitrogens with one attached hydrogen (secondary N) is 1. The molecule has 1 aromatic rings. The zero-order valence-corrected chi connectivity index (χ0v) is 14.9. The van der Waals surface area contributed by atoms with Crippen molar-refractivity contribution in [3.8, 4) is 0 Å². The number of hydrogen-bond acceptors (Lipinski definition) is 5. The first kappa shape index (κ1) is 16.8. The Labute approximate surface area is 141 Å². The van der Waals surface area contributed by atoms with Crippen LogP contribution in [0, 0.1) is 11.8 Å². The van der Waals surface area contributed by atoms with Crippen molar-refractivity contribution in [3.05, 3.63) is 10.0 Å². The van der Waals surface area contributed by atoms with Crippen LogP contribution in [0.25, 0.3) is 0 Å². The van der Waals surface area contributed by atoms with Gasteiger partial charge in [0, 0.05) is 11.8 Å². The number of amides is 1. The van der Waals surface area contributed by atoms with E-state index in [4.69, 9.17) is 0 Å². The van der Waals surface area contributed by atoms with Crippen molar-refractivity contribution in [2.75, 3.05) is 0 Å². The zero-order valence-electron chi connectivity index (χ0n) is 14.0. The number of nitrogens with zero attached hydrogens (tertiary/aromatic N) is 2. The Morgan fingerprint density at radius 3 is 2.61 bits per heavy atom. The molecule has 0 spiro atoms. The molecule has 2 saturated carbocycles. The molecule has 0 atom stereocenters. The summed E-state index contributed by atoms with van der Waals surface area (Å²) in [6, 6.07) is 0. The molecular weight excluding hydrogens is 310 g/mol. The van der Waals surface area contributed by atoms with Crippen LogP contribution >= 0.6 is 11.3 Å². The fraction of sp³-hybridized carbons (Fsp3) is 0.824. The average molecular weight is 337 g/mol. The average Bonchev–Trinajstić information content (AvgIpc) is 2.99. The fourth-order valence-electron chi connectivity index (χ4n) is 3.83. The number of hydrogen-bond donors (Lipinski definition) is 2. The maximum Gasteiger partial charge on any atom is 0.223 e. The van der Waals surface area contributed by atoms with Gasteiger partial charge in [-0.1, -0.05) is 44.4 Å². The minimum absolute atomic E-state index is 0.0422. The molecule has 5 nitrogen and oxygen atoms in total. The quantitative estimate of drug-likeness (QED) is 0.866. The topological polar surface area (TPSA) is 75.1 Å². The van der Waals surface area contributed by atoms with E-state index in [0.717, 1.165) is 22.9 Å². The first-order chi connectivity index (χ1) is 11.0. The largest absolute Gasteiger partial charge is 0.390 e. The minimum atomic E-state index is -0.587. The van der Waals surface area contributed by atoms with Gasteiger partial charge in [0.1, 0.15) is 10.0 Å². The SMILES string of the molecule is CC(C)c1nnc(CNC(=O)C2CC(O)(C3CCCCC3)C2)s1. The molecule has 3 rings (SSSR count). The summed E-state index contributed by atoms with van der Waals surface area (Å²) in [7, 11) is 0. The highest BCUT2D eigenvalue weighted by atomic mass is 32.1. The summed E-state index contributed by atoms with van der Waals surface area (Å²) in [5.74, 6) is 0.775. The van der Waals surface area contributed by atoms with Crippen LogP contribution in [0.5, 0.6) is 0 Å². The van der Waals surface area contributed by atoms with Crippen LogP contribution in [0.3, 0.4) is 0 Å². The lowest BCUT2D eigenvalue weighted by Gasteiger charge is -2.49. The van der Waals surface area contributed by atoms with E-state index in [-0.39, 0.29) is 11.8 Å². The number of aliphatic hydroxyl groups is 1. The molecule has 0 unspecified atom stereocenters. The van der Waals surface area contributed by atoms with E-state index in [2.05, 4.69) is 29.4 Å². The van der Waals surface area contributed by atoms with Crippen molar-refractivity contribution < 1.29 is 9.90 Å².